The molecule has 0 unspecified atom stereocenters. The first-order chi connectivity index (χ1) is 11.8. The molecule has 0 amide bonds. The fourth-order valence-electron chi connectivity index (χ4n) is 2.67. The van der Waals surface area contributed by atoms with Gasteiger partial charge in [-0.25, -0.2) is 8.42 Å². The van der Waals surface area contributed by atoms with Crippen LogP contribution in [0, 0.1) is 0 Å². The first kappa shape index (κ1) is 18.2. The molecule has 2 aromatic rings. The van der Waals surface area contributed by atoms with Crippen LogP contribution in [0.15, 0.2) is 46.0 Å². The molecule has 1 aromatic heterocycles. The summed E-state index contributed by atoms with van der Waals surface area (Å²) in [7, 11) is -3.49. The van der Waals surface area contributed by atoms with E-state index >= 15 is 0 Å². The average Bonchev–Trinajstić information content (AvgIpc) is 3.10. The zero-order valence-corrected chi connectivity index (χ0v) is 14.7. The minimum Gasteiger partial charge on any atom is -0.490 e. The van der Waals surface area contributed by atoms with Crippen molar-refractivity contribution in [1.29, 1.82) is 0 Å². The Labute approximate surface area is 147 Å². The fourth-order valence-corrected chi connectivity index (χ4v) is 5.28. The smallest absolute Gasteiger partial charge is 0.416 e. The lowest BCUT2D eigenvalue weighted by atomic mass is 10.1. The van der Waals surface area contributed by atoms with Crippen molar-refractivity contribution in [2.45, 2.75) is 29.3 Å². The van der Waals surface area contributed by atoms with E-state index in [4.69, 9.17) is 4.74 Å². The summed E-state index contributed by atoms with van der Waals surface area (Å²) in [5, 5.41) is 1.70. The quantitative estimate of drug-likeness (QED) is 0.792. The molecule has 1 aromatic carbocycles. The Morgan fingerprint density at radius 1 is 1.12 bits per heavy atom. The molecule has 3 rings (SSSR count). The summed E-state index contributed by atoms with van der Waals surface area (Å²) in [5.41, 5.74) is -0.761. The topological polar surface area (TPSA) is 46.6 Å². The molecule has 1 aliphatic rings. The van der Waals surface area contributed by atoms with Gasteiger partial charge < -0.3 is 4.74 Å². The summed E-state index contributed by atoms with van der Waals surface area (Å²) < 4.78 is 70.4. The van der Waals surface area contributed by atoms with Gasteiger partial charge in [-0.2, -0.15) is 17.5 Å². The van der Waals surface area contributed by atoms with Crippen molar-refractivity contribution >= 4 is 21.4 Å². The third kappa shape index (κ3) is 4.16. The molecule has 2 heterocycles. The first-order valence-electron chi connectivity index (χ1n) is 7.64. The maximum absolute atomic E-state index is 12.7. The van der Waals surface area contributed by atoms with Gasteiger partial charge in [-0.15, -0.1) is 11.3 Å². The van der Waals surface area contributed by atoms with Gasteiger partial charge in [0.05, 0.1) is 5.56 Å². The SMILES string of the molecule is O=S(=O)(c1cccs1)N1CCC(Oc2cccc(C(F)(F)F)c2)CC1. The number of ether oxygens (including phenoxy) is 1. The predicted octanol–water partition coefficient (Wildman–Crippen LogP) is 4.00. The van der Waals surface area contributed by atoms with E-state index in [9.17, 15) is 21.6 Å². The van der Waals surface area contributed by atoms with Crippen molar-refractivity contribution < 1.29 is 26.3 Å². The van der Waals surface area contributed by atoms with E-state index in [0.717, 1.165) is 23.5 Å². The highest BCUT2D eigenvalue weighted by atomic mass is 32.2. The van der Waals surface area contributed by atoms with Crippen LogP contribution in [0.1, 0.15) is 18.4 Å². The second-order valence-electron chi connectivity index (χ2n) is 5.68. The molecule has 9 heteroatoms. The number of hydrogen-bond donors (Lipinski definition) is 0. The van der Waals surface area contributed by atoms with Crippen LogP contribution in [0.25, 0.3) is 0 Å². The molecule has 0 radical (unpaired) electrons. The maximum Gasteiger partial charge on any atom is 0.416 e. The molecule has 0 aliphatic carbocycles. The number of sulfonamides is 1. The van der Waals surface area contributed by atoms with Crippen molar-refractivity contribution in [2.75, 3.05) is 13.1 Å². The van der Waals surface area contributed by atoms with Crippen molar-refractivity contribution in [3.63, 3.8) is 0 Å². The number of hydrogen-bond acceptors (Lipinski definition) is 4. The minimum absolute atomic E-state index is 0.148. The number of piperidine rings is 1. The summed E-state index contributed by atoms with van der Waals surface area (Å²) >= 11 is 1.16. The molecule has 0 saturated carbocycles. The minimum atomic E-state index is -4.42. The molecule has 1 saturated heterocycles. The van der Waals surface area contributed by atoms with Crippen LogP contribution in [0.2, 0.25) is 0 Å². The molecule has 0 bridgehead atoms. The van der Waals surface area contributed by atoms with Gasteiger partial charge in [0.2, 0.25) is 0 Å². The maximum atomic E-state index is 12.7. The predicted molar refractivity (Wildman–Crippen MR) is 88.2 cm³/mol. The van der Waals surface area contributed by atoms with Crippen LogP contribution in [-0.2, 0) is 16.2 Å². The lowest BCUT2D eigenvalue weighted by molar-refractivity contribution is -0.137. The van der Waals surface area contributed by atoms with E-state index in [-0.39, 0.29) is 24.9 Å². The van der Waals surface area contributed by atoms with Crippen molar-refractivity contribution in [3.8, 4) is 5.75 Å². The molecule has 25 heavy (non-hydrogen) atoms. The van der Waals surface area contributed by atoms with E-state index in [0.29, 0.717) is 17.1 Å². The average molecular weight is 391 g/mol. The Balaban J connectivity index is 1.62. The van der Waals surface area contributed by atoms with Gasteiger partial charge in [0.15, 0.2) is 0 Å². The molecule has 136 valence electrons. The zero-order chi connectivity index (χ0) is 18.1. The zero-order valence-electron chi connectivity index (χ0n) is 13.1. The van der Waals surface area contributed by atoms with Crippen molar-refractivity contribution in [1.82, 2.24) is 4.31 Å². The highest BCUT2D eigenvalue weighted by Crippen LogP contribution is 2.32. The number of thiophene rings is 1. The molecular formula is C16H16F3NO3S2. The summed E-state index contributed by atoms with van der Waals surface area (Å²) in [6.07, 6.45) is -3.86. The lowest BCUT2D eigenvalue weighted by Crippen LogP contribution is -2.41. The third-order valence-electron chi connectivity index (χ3n) is 3.95. The van der Waals surface area contributed by atoms with Crippen molar-refractivity contribution in [3.05, 3.63) is 47.3 Å². The van der Waals surface area contributed by atoms with E-state index < -0.39 is 21.8 Å². The number of halogens is 3. The van der Waals surface area contributed by atoms with Gasteiger partial charge in [-0.1, -0.05) is 12.1 Å². The van der Waals surface area contributed by atoms with Crippen LogP contribution in [0.5, 0.6) is 5.75 Å². The van der Waals surface area contributed by atoms with E-state index in [2.05, 4.69) is 0 Å². The van der Waals surface area contributed by atoms with Gasteiger partial charge in [-0.05, 0) is 42.5 Å². The van der Waals surface area contributed by atoms with Gasteiger partial charge in [-0.3, -0.25) is 0 Å². The lowest BCUT2D eigenvalue weighted by Gasteiger charge is -2.31. The summed E-state index contributed by atoms with van der Waals surface area (Å²) in [4.78, 5) is 0. The Hall–Kier alpha value is -1.58. The van der Waals surface area contributed by atoms with Gasteiger partial charge in [0, 0.05) is 13.1 Å². The molecule has 0 N–H and O–H groups in total. The van der Waals surface area contributed by atoms with Crippen LogP contribution in [0.3, 0.4) is 0 Å². The van der Waals surface area contributed by atoms with Crippen molar-refractivity contribution in [2.24, 2.45) is 0 Å². The third-order valence-corrected chi connectivity index (χ3v) is 7.23. The normalized spacial score (nSPS) is 17.6. The van der Waals surface area contributed by atoms with Crippen LogP contribution in [0.4, 0.5) is 13.2 Å². The Morgan fingerprint density at radius 2 is 1.84 bits per heavy atom. The number of nitrogens with zero attached hydrogens (tertiary/aromatic N) is 1. The standard InChI is InChI=1S/C16H16F3NO3S2/c17-16(18,19)12-3-1-4-14(11-12)23-13-6-8-20(9-7-13)25(21,22)15-5-2-10-24-15/h1-5,10-11,13H,6-9H2. The Kier molecular flexibility index (Phi) is 5.08. The molecular weight excluding hydrogens is 375 g/mol. The summed E-state index contributed by atoms with van der Waals surface area (Å²) in [6.45, 7) is 0.563. The van der Waals surface area contributed by atoms with E-state index in [1.807, 2.05) is 0 Å². The number of rotatable bonds is 4. The molecule has 1 fully saturated rings. The Bertz CT molecular complexity index is 811. The highest BCUT2D eigenvalue weighted by molar-refractivity contribution is 7.91. The fraction of sp³-hybridized carbons (Fsp3) is 0.375. The van der Waals surface area contributed by atoms with E-state index in [1.54, 1.807) is 17.5 Å². The molecule has 0 atom stereocenters. The second-order valence-corrected chi connectivity index (χ2v) is 8.79. The van der Waals surface area contributed by atoms with Crippen LogP contribution < -0.4 is 4.74 Å². The molecule has 0 spiro atoms. The largest absolute Gasteiger partial charge is 0.490 e. The van der Waals surface area contributed by atoms with Crippen LogP contribution >= 0.6 is 11.3 Å². The monoisotopic (exact) mass is 391 g/mol. The number of benzene rings is 1. The number of alkyl halides is 3. The Morgan fingerprint density at radius 3 is 2.44 bits per heavy atom. The van der Waals surface area contributed by atoms with Gasteiger partial charge in [0.1, 0.15) is 16.1 Å². The van der Waals surface area contributed by atoms with Gasteiger partial charge in [0.25, 0.3) is 10.0 Å². The summed E-state index contributed by atoms with van der Waals surface area (Å²) in [6, 6.07) is 7.97. The van der Waals surface area contributed by atoms with Gasteiger partial charge >= 0.3 is 6.18 Å². The molecule has 4 nitrogen and oxygen atoms in total. The van der Waals surface area contributed by atoms with E-state index in [1.165, 1.54) is 16.4 Å². The molecule has 1 aliphatic heterocycles. The highest BCUT2D eigenvalue weighted by Gasteiger charge is 2.32. The second kappa shape index (κ2) is 6.97. The summed E-state index contributed by atoms with van der Waals surface area (Å²) in [5.74, 6) is 0.148. The first-order valence-corrected chi connectivity index (χ1v) is 9.96. The van der Waals surface area contributed by atoms with Crippen LogP contribution in [-0.4, -0.2) is 31.9 Å².